The van der Waals surface area contributed by atoms with E-state index in [4.69, 9.17) is 14.6 Å². The van der Waals surface area contributed by atoms with Gasteiger partial charge in [-0.05, 0) is 18.2 Å². The molecule has 96 valence electrons. The summed E-state index contributed by atoms with van der Waals surface area (Å²) in [6.45, 7) is 0.146. The standard InChI is InChI=1S/C13H15NO3S/c1-16-11-4-3-9(7-12(11)17-2)13-14-8-10(18-13)5-6-15/h3-4,7-8,15H,5-6H2,1-2H3. The van der Waals surface area contributed by atoms with E-state index < -0.39 is 0 Å². The van der Waals surface area contributed by atoms with Crippen LogP contribution in [0.15, 0.2) is 24.4 Å². The normalized spacial score (nSPS) is 10.4. The fourth-order valence-electron chi connectivity index (χ4n) is 1.64. The van der Waals surface area contributed by atoms with Gasteiger partial charge in [0.2, 0.25) is 0 Å². The van der Waals surface area contributed by atoms with E-state index in [1.54, 1.807) is 31.8 Å². The van der Waals surface area contributed by atoms with E-state index in [9.17, 15) is 0 Å². The summed E-state index contributed by atoms with van der Waals surface area (Å²) in [6.07, 6.45) is 2.44. The van der Waals surface area contributed by atoms with Gasteiger partial charge < -0.3 is 14.6 Å². The summed E-state index contributed by atoms with van der Waals surface area (Å²) < 4.78 is 10.5. The Bertz CT molecular complexity index is 525. The predicted octanol–water partition coefficient (Wildman–Crippen LogP) is 2.36. The van der Waals surface area contributed by atoms with Crippen LogP contribution < -0.4 is 9.47 Å². The number of nitrogens with zero attached hydrogens (tertiary/aromatic N) is 1. The lowest BCUT2D eigenvalue weighted by molar-refractivity contribution is 0.300. The first-order valence-electron chi connectivity index (χ1n) is 5.56. The Kier molecular flexibility index (Phi) is 4.17. The third-order valence-corrected chi connectivity index (χ3v) is 3.65. The van der Waals surface area contributed by atoms with Crippen LogP contribution in [0.3, 0.4) is 0 Å². The summed E-state index contributed by atoms with van der Waals surface area (Å²) in [5.41, 5.74) is 0.988. The molecule has 0 aliphatic rings. The summed E-state index contributed by atoms with van der Waals surface area (Å²) in [4.78, 5) is 5.42. The first-order valence-corrected chi connectivity index (χ1v) is 6.38. The molecular formula is C13H15NO3S. The molecule has 0 aliphatic carbocycles. The molecule has 4 nitrogen and oxygen atoms in total. The number of ether oxygens (including phenoxy) is 2. The second kappa shape index (κ2) is 5.84. The van der Waals surface area contributed by atoms with Crippen LogP contribution in [-0.4, -0.2) is 30.9 Å². The van der Waals surface area contributed by atoms with Crippen LogP contribution in [0.2, 0.25) is 0 Å². The first-order chi connectivity index (χ1) is 8.78. The predicted molar refractivity (Wildman–Crippen MR) is 71.4 cm³/mol. The van der Waals surface area contributed by atoms with Gasteiger partial charge in [-0.25, -0.2) is 4.98 Å². The van der Waals surface area contributed by atoms with Crippen molar-refractivity contribution < 1.29 is 14.6 Å². The van der Waals surface area contributed by atoms with Gasteiger partial charge in [0, 0.05) is 29.7 Å². The van der Waals surface area contributed by atoms with E-state index in [1.165, 1.54) is 0 Å². The van der Waals surface area contributed by atoms with Gasteiger partial charge in [0.05, 0.1) is 14.2 Å². The molecule has 0 saturated carbocycles. The first kappa shape index (κ1) is 12.9. The van der Waals surface area contributed by atoms with Crippen molar-refractivity contribution >= 4 is 11.3 Å². The molecule has 2 rings (SSSR count). The molecule has 1 heterocycles. The Balaban J connectivity index is 2.31. The van der Waals surface area contributed by atoms with Gasteiger partial charge in [-0.2, -0.15) is 0 Å². The van der Waals surface area contributed by atoms with E-state index in [-0.39, 0.29) is 6.61 Å². The van der Waals surface area contributed by atoms with Crippen molar-refractivity contribution in [1.29, 1.82) is 0 Å². The van der Waals surface area contributed by atoms with Gasteiger partial charge in [0.25, 0.3) is 0 Å². The summed E-state index contributed by atoms with van der Waals surface area (Å²) in [6, 6.07) is 5.71. The van der Waals surface area contributed by atoms with Crippen LogP contribution in [0.4, 0.5) is 0 Å². The van der Waals surface area contributed by atoms with E-state index in [1.807, 2.05) is 18.2 Å². The highest BCUT2D eigenvalue weighted by molar-refractivity contribution is 7.15. The quantitative estimate of drug-likeness (QED) is 0.901. The number of aromatic nitrogens is 1. The molecule has 2 aromatic rings. The number of methoxy groups -OCH3 is 2. The average Bonchev–Trinajstić information content (AvgIpc) is 2.87. The van der Waals surface area contributed by atoms with Crippen LogP contribution in [0.25, 0.3) is 10.6 Å². The van der Waals surface area contributed by atoms with Crippen LogP contribution >= 0.6 is 11.3 Å². The fourth-order valence-corrected chi connectivity index (χ4v) is 2.53. The minimum absolute atomic E-state index is 0.146. The molecule has 1 N–H and O–H groups in total. The zero-order valence-electron chi connectivity index (χ0n) is 10.3. The molecule has 0 bridgehead atoms. The topological polar surface area (TPSA) is 51.6 Å². The van der Waals surface area contributed by atoms with Crippen molar-refractivity contribution in [3.8, 4) is 22.1 Å². The Labute approximate surface area is 110 Å². The molecule has 0 unspecified atom stereocenters. The number of aliphatic hydroxyl groups is 1. The van der Waals surface area contributed by atoms with E-state index in [0.29, 0.717) is 17.9 Å². The molecule has 0 fully saturated rings. The summed E-state index contributed by atoms with van der Waals surface area (Å²) in [7, 11) is 3.22. The van der Waals surface area contributed by atoms with Crippen LogP contribution in [-0.2, 0) is 6.42 Å². The molecule has 0 spiro atoms. The highest BCUT2D eigenvalue weighted by Gasteiger charge is 2.09. The molecule has 0 atom stereocenters. The second-order valence-electron chi connectivity index (χ2n) is 3.68. The maximum absolute atomic E-state index is 8.89. The molecular weight excluding hydrogens is 250 g/mol. The minimum Gasteiger partial charge on any atom is -0.493 e. The summed E-state index contributed by atoms with van der Waals surface area (Å²) in [5.74, 6) is 1.39. The Morgan fingerprint density at radius 3 is 2.67 bits per heavy atom. The maximum atomic E-state index is 8.89. The zero-order valence-corrected chi connectivity index (χ0v) is 11.2. The van der Waals surface area contributed by atoms with Gasteiger partial charge >= 0.3 is 0 Å². The summed E-state index contributed by atoms with van der Waals surface area (Å²) >= 11 is 1.58. The number of hydrogen-bond acceptors (Lipinski definition) is 5. The van der Waals surface area contributed by atoms with Gasteiger partial charge in [-0.3, -0.25) is 0 Å². The van der Waals surface area contributed by atoms with E-state index in [2.05, 4.69) is 4.98 Å². The molecule has 0 radical (unpaired) electrons. The van der Waals surface area contributed by atoms with Crippen LogP contribution in [0, 0.1) is 0 Å². The molecule has 1 aromatic heterocycles. The monoisotopic (exact) mass is 265 g/mol. The maximum Gasteiger partial charge on any atom is 0.161 e. The Hall–Kier alpha value is -1.59. The molecule has 5 heteroatoms. The Morgan fingerprint density at radius 2 is 2.00 bits per heavy atom. The lowest BCUT2D eigenvalue weighted by atomic mass is 10.2. The summed E-state index contributed by atoms with van der Waals surface area (Å²) in [5, 5.41) is 9.81. The Morgan fingerprint density at radius 1 is 1.22 bits per heavy atom. The van der Waals surface area contributed by atoms with E-state index in [0.717, 1.165) is 15.4 Å². The smallest absolute Gasteiger partial charge is 0.161 e. The molecule has 0 aliphatic heterocycles. The van der Waals surface area contributed by atoms with Crippen molar-refractivity contribution in [1.82, 2.24) is 4.98 Å². The minimum atomic E-state index is 0.146. The van der Waals surface area contributed by atoms with Crippen molar-refractivity contribution in [3.05, 3.63) is 29.3 Å². The lowest BCUT2D eigenvalue weighted by Gasteiger charge is -2.08. The molecule has 0 saturated heterocycles. The molecule has 0 amide bonds. The zero-order chi connectivity index (χ0) is 13.0. The van der Waals surface area contributed by atoms with Crippen LogP contribution in [0.1, 0.15) is 4.88 Å². The highest BCUT2D eigenvalue weighted by Crippen LogP contribution is 2.33. The van der Waals surface area contributed by atoms with Crippen LogP contribution in [0.5, 0.6) is 11.5 Å². The van der Waals surface area contributed by atoms with Gasteiger partial charge in [-0.15, -0.1) is 11.3 Å². The van der Waals surface area contributed by atoms with Crippen molar-refractivity contribution in [2.75, 3.05) is 20.8 Å². The van der Waals surface area contributed by atoms with Crippen molar-refractivity contribution in [3.63, 3.8) is 0 Å². The number of rotatable bonds is 5. The number of benzene rings is 1. The SMILES string of the molecule is COc1ccc(-c2ncc(CCO)s2)cc1OC. The lowest BCUT2D eigenvalue weighted by Crippen LogP contribution is -1.90. The largest absolute Gasteiger partial charge is 0.493 e. The number of hydrogen-bond donors (Lipinski definition) is 1. The fraction of sp³-hybridized carbons (Fsp3) is 0.308. The third-order valence-electron chi connectivity index (χ3n) is 2.54. The van der Waals surface area contributed by atoms with Gasteiger partial charge in [0.1, 0.15) is 5.01 Å². The van der Waals surface area contributed by atoms with Crippen molar-refractivity contribution in [2.24, 2.45) is 0 Å². The van der Waals surface area contributed by atoms with Crippen molar-refractivity contribution in [2.45, 2.75) is 6.42 Å². The van der Waals surface area contributed by atoms with E-state index >= 15 is 0 Å². The number of aliphatic hydroxyl groups excluding tert-OH is 1. The number of thiazole rings is 1. The second-order valence-corrected chi connectivity index (χ2v) is 4.79. The van der Waals surface area contributed by atoms with Gasteiger partial charge in [0.15, 0.2) is 11.5 Å². The van der Waals surface area contributed by atoms with Gasteiger partial charge in [-0.1, -0.05) is 0 Å². The third kappa shape index (κ3) is 2.63. The molecule has 18 heavy (non-hydrogen) atoms. The average molecular weight is 265 g/mol. The molecule has 1 aromatic carbocycles. The highest BCUT2D eigenvalue weighted by atomic mass is 32.1.